The topological polar surface area (TPSA) is 84.9 Å². The average Bonchev–Trinajstić information content (AvgIpc) is 2.76. The van der Waals surface area contributed by atoms with Crippen LogP contribution >= 0.6 is 0 Å². The molecule has 0 saturated carbocycles. The summed E-state index contributed by atoms with van der Waals surface area (Å²) < 4.78 is 16.6. The van der Waals surface area contributed by atoms with Gasteiger partial charge in [-0.2, -0.15) is 15.0 Å². The molecule has 9 nitrogen and oxygen atoms in total. The molecule has 28 heavy (non-hydrogen) atoms. The van der Waals surface area contributed by atoms with Gasteiger partial charge in [0.15, 0.2) is 0 Å². The van der Waals surface area contributed by atoms with Crippen molar-refractivity contribution >= 4 is 23.5 Å². The number of aromatic nitrogens is 3. The molecular formula is C19H26N6O3. The van der Waals surface area contributed by atoms with E-state index in [1.54, 1.807) is 0 Å². The van der Waals surface area contributed by atoms with Crippen LogP contribution < -0.4 is 19.9 Å². The van der Waals surface area contributed by atoms with E-state index in [9.17, 15) is 0 Å². The third kappa shape index (κ3) is 4.42. The summed E-state index contributed by atoms with van der Waals surface area (Å²) >= 11 is 0. The van der Waals surface area contributed by atoms with Crippen molar-refractivity contribution in [1.29, 1.82) is 0 Å². The number of rotatable bonds is 6. The van der Waals surface area contributed by atoms with Gasteiger partial charge in [0.25, 0.3) is 0 Å². The van der Waals surface area contributed by atoms with Crippen LogP contribution in [0.25, 0.3) is 0 Å². The van der Waals surface area contributed by atoms with Crippen molar-refractivity contribution in [3.63, 3.8) is 0 Å². The summed E-state index contributed by atoms with van der Waals surface area (Å²) in [5.41, 5.74) is 0.830. The van der Waals surface area contributed by atoms with Crippen LogP contribution in [0.3, 0.4) is 0 Å². The minimum Gasteiger partial charge on any atom is -0.492 e. The molecule has 2 aliphatic heterocycles. The lowest BCUT2D eigenvalue weighted by Gasteiger charge is -2.30. The zero-order valence-electron chi connectivity index (χ0n) is 16.1. The molecule has 2 aliphatic rings. The number of morpholine rings is 2. The Bertz CT molecular complexity index is 742. The molecule has 0 aliphatic carbocycles. The third-order valence-electron chi connectivity index (χ3n) is 4.63. The van der Waals surface area contributed by atoms with Gasteiger partial charge in [0.1, 0.15) is 5.75 Å². The highest BCUT2D eigenvalue weighted by Crippen LogP contribution is 2.27. The Morgan fingerprint density at radius 1 is 0.893 bits per heavy atom. The van der Waals surface area contributed by atoms with Gasteiger partial charge in [-0.3, -0.25) is 0 Å². The van der Waals surface area contributed by atoms with Gasteiger partial charge in [0.05, 0.1) is 38.7 Å². The van der Waals surface area contributed by atoms with E-state index in [2.05, 4.69) is 25.1 Å². The summed E-state index contributed by atoms with van der Waals surface area (Å²) in [6.07, 6.45) is 0. The zero-order chi connectivity index (χ0) is 19.2. The van der Waals surface area contributed by atoms with E-state index < -0.39 is 0 Å². The molecule has 2 fully saturated rings. The van der Waals surface area contributed by atoms with Gasteiger partial charge in [0.2, 0.25) is 17.8 Å². The van der Waals surface area contributed by atoms with Crippen molar-refractivity contribution in [2.45, 2.75) is 6.92 Å². The molecule has 0 spiro atoms. The normalized spacial score (nSPS) is 17.5. The second kappa shape index (κ2) is 9.03. The second-order valence-corrected chi connectivity index (χ2v) is 6.51. The highest BCUT2D eigenvalue weighted by Gasteiger charge is 2.21. The molecule has 9 heteroatoms. The Hall–Kier alpha value is -2.65. The monoisotopic (exact) mass is 386 g/mol. The summed E-state index contributed by atoms with van der Waals surface area (Å²) in [5.74, 6) is 2.60. The van der Waals surface area contributed by atoms with Crippen LogP contribution in [0.15, 0.2) is 24.3 Å². The third-order valence-corrected chi connectivity index (χ3v) is 4.63. The zero-order valence-corrected chi connectivity index (χ0v) is 16.1. The minimum absolute atomic E-state index is 0.505. The molecule has 1 aromatic carbocycles. The maximum absolute atomic E-state index is 5.71. The molecule has 150 valence electrons. The highest BCUT2D eigenvalue weighted by molar-refractivity contribution is 5.63. The fourth-order valence-electron chi connectivity index (χ4n) is 3.19. The molecule has 2 saturated heterocycles. The molecule has 0 radical (unpaired) electrons. The molecule has 0 unspecified atom stereocenters. The van der Waals surface area contributed by atoms with E-state index >= 15 is 0 Å². The number of ether oxygens (including phenoxy) is 3. The van der Waals surface area contributed by atoms with Gasteiger partial charge >= 0.3 is 0 Å². The summed E-state index contributed by atoms with van der Waals surface area (Å²) in [7, 11) is 0. The summed E-state index contributed by atoms with van der Waals surface area (Å²) in [6.45, 7) is 8.32. The Morgan fingerprint density at radius 3 is 2.04 bits per heavy atom. The minimum atomic E-state index is 0.505. The molecule has 0 atom stereocenters. The number of nitrogens with zero attached hydrogens (tertiary/aromatic N) is 5. The molecule has 1 aromatic heterocycles. The van der Waals surface area contributed by atoms with Crippen molar-refractivity contribution in [1.82, 2.24) is 15.0 Å². The fourth-order valence-corrected chi connectivity index (χ4v) is 3.19. The van der Waals surface area contributed by atoms with Crippen molar-refractivity contribution in [2.24, 2.45) is 0 Å². The largest absolute Gasteiger partial charge is 0.492 e. The Morgan fingerprint density at radius 2 is 1.46 bits per heavy atom. The molecule has 0 bridgehead atoms. The maximum atomic E-state index is 5.71. The highest BCUT2D eigenvalue weighted by atomic mass is 16.5. The second-order valence-electron chi connectivity index (χ2n) is 6.51. The first-order valence-corrected chi connectivity index (χ1v) is 9.74. The first kappa shape index (κ1) is 18.7. The molecule has 3 heterocycles. The van der Waals surface area contributed by atoms with Gasteiger partial charge in [-0.05, 0) is 19.1 Å². The number of hydrogen-bond donors (Lipinski definition) is 1. The summed E-state index contributed by atoms with van der Waals surface area (Å²) in [6, 6.07) is 7.79. The van der Waals surface area contributed by atoms with Crippen molar-refractivity contribution in [2.75, 3.05) is 74.3 Å². The Kier molecular flexibility index (Phi) is 6.03. The molecular weight excluding hydrogens is 360 g/mol. The maximum Gasteiger partial charge on any atom is 0.233 e. The van der Waals surface area contributed by atoms with E-state index in [1.807, 2.05) is 31.2 Å². The van der Waals surface area contributed by atoms with E-state index in [0.717, 1.165) is 37.6 Å². The quantitative estimate of drug-likeness (QED) is 0.797. The summed E-state index contributed by atoms with van der Waals surface area (Å²) in [5, 5.41) is 3.31. The lowest BCUT2D eigenvalue weighted by molar-refractivity contribution is 0.121. The Labute approximate surface area is 164 Å². The van der Waals surface area contributed by atoms with Gasteiger partial charge in [-0.25, -0.2) is 0 Å². The first-order valence-electron chi connectivity index (χ1n) is 9.74. The van der Waals surface area contributed by atoms with Crippen LogP contribution in [0.4, 0.5) is 23.5 Å². The van der Waals surface area contributed by atoms with Gasteiger partial charge in [0, 0.05) is 26.2 Å². The van der Waals surface area contributed by atoms with Gasteiger partial charge in [-0.15, -0.1) is 0 Å². The smallest absolute Gasteiger partial charge is 0.233 e. The standard InChI is InChI=1S/C19H26N6O3/c1-2-28-16-6-4-3-5-15(16)20-17-21-18(24-7-11-26-12-8-24)23-19(22-17)25-9-13-27-14-10-25/h3-6H,2,7-14H2,1H3,(H,20,21,22,23). The summed E-state index contributed by atoms with van der Waals surface area (Å²) in [4.78, 5) is 18.3. The van der Waals surface area contributed by atoms with E-state index in [-0.39, 0.29) is 0 Å². The SMILES string of the molecule is CCOc1ccccc1Nc1nc(N2CCOCC2)nc(N2CCOCC2)n1. The number of benzene rings is 1. The number of hydrogen-bond acceptors (Lipinski definition) is 9. The fraction of sp³-hybridized carbons (Fsp3) is 0.526. The number of anilines is 4. The van der Waals surface area contributed by atoms with Crippen molar-refractivity contribution in [3.05, 3.63) is 24.3 Å². The van der Waals surface area contributed by atoms with E-state index in [4.69, 9.17) is 19.2 Å². The van der Waals surface area contributed by atoms with Gasteiger partial charge in [-0.1, -0.05) is 12.1 Å². The molecule has 0 amide bonds. The van der Waals surface area contributed by atoms with Crippen LogP contribution in [-0.2, 0) is 9.47 Å². The van der Waals surface area contributed by atoms with Crippen molar-refractivity contribution < 1.29 is 14.2 Å². The van der Waals surface area contributed by atoms with Crippen LogP contribution in [-0.4, -0.2) is 74.2 Å². The van der Waals surface area contributed by atoms with Crippen LogP contribution in [0.2, 0.25) is 0 Å². The molecule has 2 aromatic rings. The van der Waals surface area contributed by atoms with Gasteiger partial charge < -0.3 is 29.3 Å². The Balaban J connectivity index is 1.65. The molecule has 4 rings (SSSR count). The van der Waals surface area contributed by atoms with Crippen LogP contribution in [0, 0.1) is 0 Å². The number of nitrogens with one attached hydrogen (secondary N) is 1. The van der Waals surface area contributed by atoms with Crippen LogP contribution in [0.5, 0.6) is 5.75 Å². The first-order chi connectivity index (χ1) is 13.8. The van der Waals surface area contributed by atoms with Crippen molar-refractivity contribution in [3.8, 4) is 5.75 Å². The van der Waals surface area contributed by atoms with E-state index in [0.29, 0.717) is 50.9 Å². The number of para-hydroxylation sites is 2. The predicted molar refractivity (Wildman–Crippen MR) is 107 cm³/mol. The van der Waals surface area contributed by atoms with E-state index in [1.165, 1.54) is 0 Å². The average molecular weight is 386 g/mol. The lowest BCUT2D eigenvalue weighted by Crippen LogP contribution is -2.40. The predicted octanol–water partition coefficient (Wildman–Crippen LogP) is 1.69. The molecule has 1 N–H and O–H groups in total. The lowest BCUT2D eigenvalue weighted by atomic mass is 10.3. The van der Waals surface area contributed by atoms with Crippen LogP contribution in [0.1, 0.15) is 6.92 Å².